The summed E-state index contributed by atoms with van der Waals surface area (Å²) in [4.78, 5) is 56.3. The number of carbonyl (C=O) groups excluding carboxylic acids is 3. The van der Waals surface area contributed by atoms with Crippen LogP contribution in [0.25, 0.3) is 5.76 Å². The minimum Gasteiger partial charge on any atom is -0.507 e. The van der Waals surface area contributed by atoms with Crippen LogP contribution in [0.4, 0.5) is 10.8 Å². The molecule has 11 nitrogen and oxygen atoms in total. The summed E-state index contributed by atoms with van der Waals surface area (Å²) in [5.41, 5.74) is 0.222. The molecule has 1 aromatic heterocycles. The third-order valence-corrected chi connectivity index (χ3v) is 7.60. The molecular formula is C30H31N3O8S. The second-order valence-corrected chi connectivity index (χ2v) is 11.1. The molecule has 0 saturated carbocycles. The SMILES string of the molecule is CCCCOc1ccc(/C(O)=C2\C(=O)C(=O)N(c3nc(C)c(C(=O)OCC(C)C)s3)C2c2cccc([N+](=O)[O-])c2)cc1. The lowest BCUT2D eigenvalue weighted by Gasteiger charge is -2.22. The molecule has 1 unspecified atom stereocenters. The van der Waals surface area contributed by atoms with Crippen LogP contribution in [0.15, 0.2) is 54.1 Å². The fraction of sp³-hybridized carbons (Fsp3) is 0.333. The number of carbonyl (C=O) groups is 3. The van der Waals surface area contributed by atoms with Gasteiger partial charge in [0.15, 0.2) is 5.13 Å². The number of amides is 1. The molecule has 1 aliphatic rings. The van der Waals surface area contributed by atoms with Gasteiger partial charge in [-0.05, 0) is 49.1 Å². The number of Topliss-reactive ketones (excluding diaryl/α,β-unsaturated/α-hetero) is 1. The summed E-state index contributed by atoms with van der Waals surface area (Å²) in [5.74, 6) is -2.39. The molecule has 1 aliphatic heterocycles. The van der Waals surface area contributed by atoms with Gasteiger partial charge in [-0.2, -0.15) is 0 Å². The van der Waals surface area contributed by atoms with E-state index in [1.807, 2.05) is 20.8 Å². The lowest BCUT2D eigenvalue weighted by atomic mass is 9.95. The van der Waals surface area contributed by atoms with Gasteiger partial charge in [0.1, 0.15) is 16.4 Å². The van der Waals surface area contributed by atoms with Crippen LogP contribution in [-0.4, -0.2) is 45.9 Å². The molecule has 0 spiro atoms. The first-order valence-electron chi connectivity index (χ1n) is 13.5. The van der Waals surface area contributed by atoms with E-state index in [2.05, 4.69) is 4.98 Å². The van der Waals surface area contributed by atoms with E-state index in [0.29, 0.717) is 18.1 Å². The number of thiazole rings is 1. The number of hydrogen-bond donors (Lipinski definition) is 1. The highest BCUT2D eigenvalue weighted by atomic mass is 32.1. The van der Waals surface area contributed by atoms with Crippen molar-refractivity contribution in [2.75, 3.05) is 18.1 Å². The Kier molecular flexibility index (Phi) is 9.36. The van der Waals surface area contributed by atoms with E-state index in [4.69, 9.17) is 9.47 Å². The molecule has 12 heteroatoms. The van der Waals surface area contributed by atoms with Gasteiger partial charge in [-0.1, -0.05) is 50.7 Å². The monoisotopic (exact) mass is 593 g/mol. The maximum absolute atomic E-state index is 13.5. The van der Waals surface area contributed by atoms with Gasteiger partial charge in [0.05, 0.1) is 35.4 Å². The molecule has 1 N–H and O–H groups in total. The van der Waals surface area contributed by atoms with Crippen molar-refractivity contribution in [3.63, 3.8) is 0 Å². The third kappa shape index (κ3) is 6.33. The Bertz CT molecular complexity index is 1540. The van der Waals surface area contributed by atoms with Gasteiger partial charge < -0.3 is 14.6 Å². The summed E-state index contributed by atoms with van der Waals surface area (Å²) in [6.07, 6.45) is 1.84. The Morgan fingerprint density at radius 2 is 1.90 bits per heavy atom. The van der Waals surface area contributed by atoms with Gasteiger partial charge in [0.25, 0.3) is 11.5 Å². The Morgan fingerprint density at radius 1 is 1.19 bits per heavy atom. The number of hydrogen-bond acceptors (Lipinski definition) is 10. The number of nitro groups is 1. The zero-order valence-corrected chi connectivity index (χ0v) is 24.5. The molecule has 220 valence electrons. The van der Waals surface area contributed by atoms with Gasteiger partial charge in [0, 0.05) is 17.7 Å². The van der Waals surface area contributed by atoms with Crippen molar-refractivity contribution in [3.05, 3.63) is 85.9 Å². The summed E-state index contributed by atoms with van der Waals surface area (Å²) in [7, 11) is 0. The minimum atomic E-state index is -1.25. The number of non-ortho nitro benzene ring substituents is 1. The summed E-state index contributed by atoms with van der Waals surface area (Å²) >= 11 is 0.865. The molecule has 0 bridgehead atoms. The molecule has 2 heterocycles. The Balaban J connectivity index is 1.82. The number of aromatic nitrogens is 1. The predicted molar refractivity (Wildman–Crippen MR) is 157 cm³/mol. The van der Waals surface area contributed by atoms with Gasteiger partial charge >= 0.3 is 11.9 Å². The summed E-state index contributed by atoms with van der Waals surface area (Å²) in [6, 6.07) is 10.6. The number of nitrogens with zero attached hydrogens (tertiary/aromatic N) is 3. The van der Waals surface area contributed by atoms with Crippen LogP contribution in [0.5, 0.6) is 5.75 Å². The van der Waals surface area contributed by atoms with E-state index in [1.165, 1.54) is 24.3 Å². The van der Waals surface area contributed by atoms with Crippen LogP contribution in [0.2, 0.25) is 0 Å². The van der Waals surface area contributed by atoms with Crippen molar-refractivity contribution in [1.82, 2.24) is 4.98 Å². The molecular weight excluding hydrogens is 562 g/mol. The number of esters is 1. The number of aliphatic hydroxyl groups excluding tert-OH is 1. The first kappa shape index (κ1) is 30.4. The number of aliphatic hydroxyl groups is 1. The van der Waals surface area contributed by atoms with Gasteiger partial charge in [-0.3, -0.25) is 24.6 Å². The fourth-order valence-corrected chi connectivity index (χ4v) is 5.32. The molecule has 4 rings (SSSR count). The van der Waals surface area contributed by atoms with Crippen LogP contribution in [0.3, 0.4) is 0 Å². The van der Waals surface area contributed by atoms with Crippen molar-refractivity contribution in [2.24, 2.45) is 5.92 Å². The zero-order valence-electron chi connectivity index (χ0n) is 23.7. The van der Waals surface area contributed by atoms with E-state index in [0.717, 1.165) is 29.1 Å². The van der Waals surface area contributed by atoms with Gasteiger partial charge in [0.2, 0.25) is 0 Å². The van der Waals surface area contributed by atoms with Crippen LogP contribution >= 0.6 is 11.3 Å². The lowest BCUT2D eigenvalue weighted by Crippen LogP contribution is -2.29. The topological polar surface area (TPSA) is 149 Å². The van der Waals surface area contributed by atoms with Crippen molar-refractivity contribution < 1.29 is 33.9 Å². The van der Waals surface area contributed by atoms with Gasteiger partial charge in [-0.15, -0.1) is 0 Å². The number of benzene rings is 2. The van der Waals surface area contributed by atoms with E-state index >= 15 is 0 Å². The maximum Gasteiger partial charge on any atom is 0.350 e. The first-order valence-corrected chi connectivity index (χ1v) is 14.3. The van der Waals surface area contributed by atoms with Crippen LogP contribution in [0, 0.1) is 23.0 Å². The van der Waals surface area contributed by atoms with Crippen LogP contribution < -0.4 is 9.64 Å². The third-order valence-electron chi connectivity index (χ3n) is 6.46. The van der Waals surface area contributed by atoms with Crippen LogP contribution in [0.1, 0.15) is 66.1 Å². The Labute approximate surface area is 246 Å². The number of nitro benzene ring substituents is 1. The normalized spacial score (nSPS) is 16.2. The molecule has 1 fully saturated rings. The quantitative estimate of drug-likeness (QED) is 0.0539. The molecule has 42 heavy (non-hydrogen) atoms. The van der Waals surface area contributed by atoms with E-state index in [9.17, 15) is 29.6 Å². The molecule has 0 radical (unpaired) electrons. The standard InChI is InChI=1S/C30H31N3O8S/c1-5-6-14-40-22-12-10-19(11-13-22)25(34)23-24(20-8-7-9-21(15-20)33(38)39)32(28(36)26(23)35)30-31-18(4)27(42-30)29(37)41-16-17(2)3/h7-13,15,17,24,34H,5-6,14,16H2,1-4H3/b25-23+. The lowest BCUT2D eigenvalue weighted by molar-refractivity contribution is -0.384. The largest absolute Gasteiger partial charge is 0.507 e. The molecule has 3 aromatic rings. The minimum absolute atomic E-state index is 0.0151. The number of ketones is 1. The number of rotatable bonds is 11. The van der Waals surface area contributed by atoms with Crippen LogP contribution in [-0.2, 0) is 14.3 Å². The van der Waals surface area contributed by atoms with Gasteiger partial charge in [-0.25, -0.2) is 9.78 Å². The average molecular weight is 594 g/mol. The number of anilines is 1. The highest BCUT2D eigenvalue weighted by Gasteiger charge is 2.48. The van der Waals surface area contributed by atoms with E-state index in [1.54, 1.807) is 31.2 Å². The predicted octanol–water partition coefficient (Wildman–Crippen LogP) is 5.98. The maximum atomic E-state index is 13.5. The molecule has 1 amide bonds. The fourth-order valence-electron chi connectivity index (χ4n) is 4.34. The summed E-state index contributed by atoms with van der Waals surface area (Å²) in [5, 5.41) is 23.0. The molecule has 1 saturated heterocycles. The first-order chi connectivity index (χ1) is 20.0. The van der Waals surface area contributed by atoms with Crippen molar-refractivity contribution in [2.45, 2.75) is 46.6 Å². The second-order valence-electron chi connectivity index (χ2n) is 10.2. The Hall–Kier alpha value is -4.58. The van der Waals surface area contributed by atoms with Crippen molar-refractivity contribution in [3.8, 4) is 5.75 Å². The molecule has 2 aromatic carbocycles. The van der Waals surface area contributed by atoms with Crippen molar-refractivity contribution in [1.29, 1.82) is 0 Å². The highest BCUT2D eigenvalue weighted by molar-refractivity contribution is 7.17. The average Bonchev–Trinajstić information content (AvgIpc) is 3.48. The Morgan fingerprint density at radius 3 is 2.55 bits per heavy atom. The number of aryl methyl sites for hydroxylation is 1. The second kappa shape index (κ2) is 12.9. The highest BCUT2D eigenvalue weighted by Crippen LogP contribution is 2.44. The zero-order chi connectivity index (χ0) is 30.6. The van der Waals surface area contributed by atoms with E-state index < -0.39 is 34.4 Å². The number of ether oxygens (including phenoxy) is 2. The summed E-state index contributed by atoms with van der Waals surface area (Å²) < 4.78 is 11.0. The van der Waals surface area contributed by atoms with E-state index in [-0.39, 0.29) is 44.9 Å². The smallest absolute Gasteiger partial charge is 0.350 e. The molecule has 0 aliphatic carbocycles. The van der Waals surface area contributed by atoms with Crippen molar-refractivity contribution >= 4 is 45.6 Å². The summed E-state index contributed by atoms with van der Waals surface area (Å²) in [6.45, 7) is 8.12. The molecule has 1 atom stereocenters. The number of unbranched alkanes of at least 4 members (excludes halogenated alkanes) is 1.